The lowest BCUT2D eigenvalue weighted by Gasteiger charge is -2.18. The Morgan fingerprint density at radius 1 is 1.40 bits per heavy atom. The van der Waals surface area contributed by atoms with Gasteiger partial charge >= 0.3 is 0 Å². The van der Waals surface area contributed by atoms with Crippen LogP contribution in [0, 0.1) is 0 Å². The Balaban J connectivity index is 3.41. The maximum absolute atomic E-state index is 5.12. The second kappa shape index (κ2) is 5.66. The van der Waals surface area contributed by atoms with Crippen LogP contribution in [0.3, 0.4) is 0 Å². The zero-order valence-electron chi connectivity index (χ0n) is 7.18. The van der Waals surface area contributed by atoms with Crippen LogP contribution in [-0.4, -0.2) is 23.5 Å². The number of hydrogen-bond donors (Lipinski definition) is 0. The highest BCUT2D eigenvalue weighted by Gasteiger charge is 1.98. The topological polar surface area (TPSA) is 3.24 Å². The molecule has 0 amide bonds. The summed E-state index contributed by atoms with van der Waals surface area (Å²) in [6, 6.07) is 0. The monoisotopic (exact) mass is 159 g/mol. The smallest absolute Gasteiger partial charge is 0.0773 e. The van der Waals surface area contributed by atoms with E-state index in [4.69, 9.17) is 12.2 Å². The molecule has 0 aromatic carbocycles. The van der Waals surface area contributed by atoms with Gasteiger partial charge in [-0.2, -0.15) is 0 Å². The van der Waals surface area contributed by atoms with Crippen molar-refractivity contribution in [1.29, 1.82) is 0 Å². The summed E-state index contributed by atoms with van der Waals surface area (Å²) in [5.41, 5.74) is 0. The molecule has 0 aromatic rings. The van der Waals surface area contributed by atoms with Gasteiger partial charge in [0.2, 0.25) is 0 Å². The summed E-state index contributed by atoms with van der Waals surface area (Å²) in [5, 5.41) is 0. The predicted octanol–water partition coefficient (Wildman–Crippen LogP) is 2.46. The minimum Gasteiger partial charge on any atom is -0.369 e. The summed E-state index contributed by atoms with van der Waals surface area (Å²) in [7, 11) is 2.07. The largest absolute Gasteiger partial charge is 0.369 e. The maximum atomic E-state index is 5.12. The molecule has 0 aliphatic carbocycles. The molecule has 10 heavy (non-hydrogen) atoms. The molecule has 0 heterocycles. The van der Waals surface area contributed by atoms with Gasteiger partial charge in [-0.05, 0) is 12.8 Å². The quantitative estimate of drug-likeness (QED) is 0.580. The van der Waals surface area contributed by atoms with Crippen LogP contribution in [0.4, 0.5) is 0 Å². The first-order valence-electron chi connectivity index (χ1n) is 3.96. The number of rotatable bonds is 4. The molecule has 0 rings (SSSR count). The molecule has 0 saturated carbocycles. The Bertz CT molecular complexity index is 101. The minimum absolute atomic E-state index is 0.996. The molecule has 0 unspecified atom stereocenters. The molecule has 0 spiro atoms. The molecule has 0 atom stereocenters. The third-order valence-corrected chi connectivity index (χ3v) is 2.18. The van der Waals surface area contributed by atoms with E-state index in [1.54, 1.807) is 0 Å². The lowest BCUT2D eigenvalue weighted by atomic mass is 10.3. The number of hydrogen-bond acceptors (Lipinski definition) is 1. The first-order valence-corrected chi connectivity index (χ1v) is 4.37. The lowest BCUT2D eigenvalue weighted by Crippen LogP contribution is -2.25. The summed E-state index contributed by atoms with van der Waals surface area (Å²) in [5.74, 6) is 0. The molecule has 0 bridgehead atoms. The van der Waals surface area contributed by atoms with Crippen molar-refractivity contribution < 1.29 is 0 Å². The Hall–Kier alpha value is -0.110. The SMILES string of the molecule is CCCCN(C)C(=S)CC. The highest BCUT2D eigenvalue weighted by atomic mass is 32.1. The van der Waals surface area contributed by atoms with E-state index in [9.17, 15) is 0 Å². The fourth-order valence-corrected chi connectivity index (χ4v) is 0.881. The standard InChI is InChI=1S/C8H17NS/c1-4-6-7-9(3)8(10)5-2/h4-7H2,1-3H3. The normalized spacial score (nSPS) is 9.50. The minimum atomic E-state index is 0.996. The molecule has 0 fully saturated rings. The molecule has 1 nitrogen and oxygen atoms in total. The number of nitrogens with zero attached hydrogens (tertiary/aromatic N) is 1. The van der Waals surface area contributed by atoms with E-state index >= 15 is 0 Å². The van der Waals surface area contributed by atoms with E-state index in [0.717, 1.165) is 18.0 Å². The van der Waals surface area contributed by atoms with E-state index in [2.05, 4.69) is 25.8 Å². The Labute approximate surface area is 69.4 Å². The van der Waals surface area contributed by atoms with Gasteiger partial charge in [-0.15, -0.1) is 0 Å². The molecular formula is C8H17NS. The highest BCUT2D eigenvalue weighted by molar-refractivity contribution is 7.80. The van der Waals surface area contributed by atoms with Crippen LogP contribution in [-0.2, 0) is 0 Å². The van der Waals surface area contributed by atoms with Gasteiger partial charge in [0.05, 0.1) is 4.99 Å². The fourth-order valence-electron chi connectivity index (χ4n) is 0.790. The van der Waals surface area contributed by atoms with Gasteiger partial charge in [-0.3, -0.25) is 0 Å². The fraction of sp³-hybridized carbons (Fsp3) is 0.875. The van der Waals surface area contributed by atoms with E-state index in [1.165, 1.54) is 12.8 Å². The van der Waals surface area contributed by atoms with E-state index in [-0.39, 0.29) is 0 Å². The second-order valence-corrected chi connectivity index (χ2v) is 2.99. The molecule has 2 heteroatoms. The first-order chi connectivity index (χ1) is 4.72. The van der Waals surface area contributed by atoms with Crippen molar-refractivity contribution >= 4 is 17.2 Å². The average molecular weight is 159 g/mol. The van der Waals surface area contributed by atoms with Crippen molar-refractivity contribution in [2.24, 2.45) is 0 Å². The third kappa shape index (κ3) is 3.83. The predicted molar refractivity (Wildman–Crippen MR) is 50.4 cm³/mol. The van der Waals surface area contributed by atoms with Gasteiger partial charge < -0.3 is 4.90 Å². The Morgan fingerprint density at radius 2 is 2.00 bits per heavy atom. The zero-order valence-corrected chi connectivity index (χ0v) is 8.00. The highest BCUT2D eigenvalue weighted by Crippen LogP contribution is 1.96. The Morgan fingerprint density at radius 3 is 2.40 bits per heavy atom. The summed E-state index contributed by atoms with van der Waals surface area (Å²) in [6.07, 6.45) is 3.49. The number of unbranched alkanes of at least 4 members (excludes halogenated alkanes) is 1. The number of thiocarbonyl (C=S) groups is 1. The van der Waals surface area contributed by atoms with Gasteiger partial charge in [-0.25, -0.2) is 0 Å². The van der Waals surface area contributed by atoms with Crippen LogP contribution in [0.15, 0.2) is 0 Å². The lowest BCUT2D eigenvalue weighted by molar-refractivity contribution is 0.485. The van der Waals surface area contributed by atoms with Gasteiger partial charge in [-0.1, -0.05) is 32.5 Å². The molecule has 0 aliphatic heterocycles. The average Bonchev–Trinajstić information content (AvgIpc) is 1.98. The van der Waals surface area contributed by atoms with Crippen LogP contribution in [0.25, 0.3) is 0 Å². The first kappa shape index (κ1) is 9.89. The van der Waals surface area contributed by atoms with E-state index in [0.29, 0.717) is 0 Å². The van der Waals surface area contributed by atoms with Crippen LogP contribution >= 0.6 is 12.2 Å². The van der Waals surface area contributed by atoms with Crippen molar-refractivity contribution in [2.75, 3.05) is 13.6 Å². The van der Waals surface area contributed by atoms with Crippen LogP contribution < -0.4 is 0 Å². The molecule has 0 aliphatic rings. The summed E-state index contributed by atoms with van der Waals surface area (Å²) in [4.78, 5) is 3.24. The summed E-state index contributed by atoms with van der Waals surface area (Å²) in [6.45, 7) is 5.41. The molecule has 0 saturated heterocycles. The van der Waals surface area contributed by atoms with Gasteiger partial charge in [0.1, 0.15) is 0 Å². The van der Waals surface area contributed by atoms with Gasteiger partial charge in [0.25, 0.3) is 0 Å². The molecule has 0 radical (unpaired) electrons. The van der Waals surface area contributed by atoms with Gasteiger partial charge in [0, 0.05) is 13.6 Å². The van der Waals surface area contributed by atoms with Crippen molar-refractivity contribution in [3.63, 3.8) is 0 Å². The molecule has 0 N–H and O–H groups in total. The summed E-state index contributed by atoms with van der Waals surface area (Å²) >= 11 is 5.12. The second-order valence-electron chi connectivity index (χ2n) is 2.52. The van der Waals surface area contributed by atoms with Crippen LogP contribution in [0.5, 0.6) is 0 Å². The van der Waals surface area contributed by atoms with Crippen molar-refractivity contribution in [3.8, 4) is 0 Å². The molecule has 0 aromatic heterocycles. The molecule has 60 valence electrons. The van der Waals surface area contributed by atoms with Crippen molar-refractivity contribution in [2.45, 2.75) is 33.1 Å². The third-order valence-electron chi connectivity index (χ3n) is 1.58. The van der Waals surface area contributed by atoms with Crippen molar-refractivity contribution in [3.05, 3.63) is 0 Å². The molecular weight excluding hydrogens is 142 g/mol. The van der Waals surface area contributed by atoms with E-state index < -0.39 is 0 Å². The maximum Gasteiger partial charge on any atom is 0.0773 e. The van der Waals surface area contributed by atoms with Crippen molar-refractivity contribution in [1.82, 2.24) is 4.90 Å². The zero-order chi connectivity index (χ0) is 7.98. The Kier molecular flexibility index (Phi) is 5.60. The van der Waals surface area contributed by atoms with Gasteiger partial charge in [0.15, 0.2) is 0 Å². The summed E-state index contributed by atoms with van der Waals surface area (Å²) < 4.78 is 0. The van der Waals surface area contributed by atoms with E-state index in [1.807, 2.05) is 0 Å². The van der Waals surface area contributed by atoms with Crippen LogP contribution in [0.1, 0.15) is 33.1 Å². The van der Waals surface area contributed by atoms with Crippen LogP contribution in [0.2, 0.25) is 0 Å².